The number of carbonyl (C=O) groups is 3. The van der Waals surface area contributed by atoms with E-state index in [4.69, 9.17) is 4.42 Å². The summed E-state index contributed by atoms with van der Waals surface area (Å²) in [7, 11) is 0. The lowest BCUT2D eigenvalue weighted by Gasteiger charge is -2.32. The number of benzene rings is 1. The molecule has 7 nitrogen and oxygen atoms in total. The third-order valence-corrected chi connectivity index (χ3v) is 6.75. The van der Waals surface area contributed by atoms with E-state index >= 15 is 0 Å². The van der Waals surface area contributed by atoms with Crippen LogP contribution >= 0.6 is 0 Å². The second kappa shape index (κ2) is 7.51. The normalized spacial score (nSPS) is 20.0. The predicted octanol–water partition coefficient (Wildman–Crippen LogP) is 3.41. The molecule has 1 saturated heterocycles. The van der Waals surface area contributed by atoms with Crippen LogP contribution < -0.4 is 5.32 Å². The molecule has 1 aliphatic carbocycles. The first-order valence-corrected chi connectivity index (χ1v) is 10.8. The molecular formula is C25H25N3O4. The largest absolute Gasteiger partial charge is 0.467 e. The fourth-order valence-electron chi connectivity index (χ4n) is 4.96. The van der Waals surface area contributed by atoms with Crippen molar-refractivity contribution in [1.82, 2.24) is 14.8 Å². The van der Waals surface area contributed by atoms with Crippen LogP contribution in [0.4, 0.5) is 4.79 Å². The Balaban J connectivity index is 1.35. The minimum atomic E-state index is -0.956. The van der Waals surface area contributed by atoms with Gasteiger partial charge in [0.05, 0.1) is 19.4 Å². The zero-order chi connectivity index (χ0) is 22.5. The van der Waals surface area contributed by atoms with Crippen molar-refractivity contribution in [2.45, 2.75) is 45.2 Å². The van der Waals surface area contributed by atoms with Crippen molar-refractivity contribution in [1.29, 1.82) is 0 Å². The van der Waals surface area contributed by atoms with Crippen LogP contribution in [0.3, 0.4) is 0 Å². The van der Waals surface area contributed by atoms with Gasteiger partial charge in [-0.1, -0.05) is 24.3 Å². The van der Waals surface area contributed by atoms with E-state index < -0.39 is 11.6 Å². The van der Waals surface area contributed by atoms with Crippen LogP contribution in [0, 0.1) is 13.8 Å². The zero-order valence-corrected chi connectivity index (χ0v) is 18.2. The summed E-state index contributed by atoms with van der Waals surface area (Å²) in [5.74, 6) is 0.231. The molecule has 2 aromatic heterocycles. The maximum Gasteiger partial charge on any atom is 0.325 e. The number of carbonyl (C=O) groups excluding carboxylic acids is 3. The number of fused-ring (bicyclic) bond motifs is 1. The quantitative estimate of drug-likeness (QED) is 0.496. The number of rotatable bonds is 5. The van der Waals surface area contributed by atoms with Gasteiger partial charge in [-0.2, -0.15) is 0 Å². The fraction of sp³-hybridized carbons (Fsp3) is 0.320. The zero-order valence-electron chi connectivity index (χ0n) is 18.2. The molecule has 1 fully saturated rings. The minimum Gasteiger partial charge on any atom is -0.467 e. The van der Waals surface area contributed by atoms with Crippen molar-refractivity contribution < 1.29 is 18.8 Å². The SMILES string of the molecule is Cc1cc(C(=O)CN2C(=O)NC3(CCc4ccccc4C3)C2=O)c(C)n1Cc1ccco1. The highest BCUT2D eigenvalue weighted by Crippen LogP contribution is 2.33. The Morgan fingerprint density at radius 3 is 2.66 bits per heavy atom. The first kappa shape index (κ1) is 20.3. The Hall–Kier alpha value is -3.61. The number of hydrogen-bond donors (Lipinski definition) is 1. The van der Waals surface area contributed by atoms with Crippen molar-refractivity contribution in [2.75, 3.05) is 6.54 Å². The summed E-state index contributed by atoms with van der Waals surface area (Å²) in [5.41, 5.74) is 3.55. The summed E-state index contributed by atoms with van der Waals surface area (Å²) in [5, 5.41) is 2.90. The summed E-state index contributed by atoms with van der Waals surface area (Å²) in [6.07, 6.45) is 3.33. The average molecular weight is 431 g/mol. The molecule has 164 valence electrons. The number of hydrogen-bond acceptors (Lipinski definition) is 4. The maximum absolute atomic E-state index is 13.3. The second-order valence-corrected chi connectivity index (χ2v) is 8.72. The minimum absolute atomic E-state index is 0.249. The van der Waals surface area contributed by atoms with Crippen LogP contribution in [0.5, 0.6) is 0 Å². The van der Waals surface area contributed by atoms with E-state index in [-0.39, 0.29) is 18.2 Å². The van der Waals surface area contributed by atoms with Crippen LogP contribution in [0.1, 0.15) is 45.1 Å². The van der Waals surface area contributed by atoms with Crippen LogP contribution in [0.15, 0.2) is 53.1 Å². The Morgan fingerprint density at radius 1 is 1.12 bits per heavy atom. The molecule has 0 radical (unpaired) electrons. The lowest BCUT2D eigenvalue weighted by atomic mass is 9.78. The monoisotopic (exact) mass is 431 g/mol. The molecule has 5 rings (SSSR count). The fourth-order valence-corrected chi connectivity index (χ4v) is 4.96. The summed E-state index contributed by atoms with van der Waals surface area (Å²) in [6.45, 7) is 4.05. The number of aryl methyl sites for hydroxylation is 2. The van der Waals surface area contributed by atoms with Crippen molar-refractivity contribution in [3.05, 3.63) is 82.6 Å². The molecule has 1 aromatic carbocycles. The predicted molar refractivity (Wildman–Crippen MR) is 117 cm³/mol. The third-order valence-electron chi connectivity index (χ3n) is 6.75. The Morgan fingerprint density at radius 2 is 1.91 bits per heavy atom. The maximum atomic E-state index is 13.3. The highest BCUT2D eigenvalue weighted by atomic mass is 16.3. The lowest BCUT2D eigenvalue weighted by Crippen LogP contribution is -2.51. The number of Topliss-reactive ketones (excluding diaryl/α,β-unsaturated/α-hetero) is 1. The molecule has 7 heteroatoms. The molecular weight excluding hydrogens is 406 g/mol. The topological polar surface area (TPSA) is 84.5 Å². The highest BCUT2D eigenvalue weighted by Gasteiger charge is 2.52. The molecule has 2 aliphatic rings. The summed E-state index contributed by atoms with van der Waals surface area (Å²) in [4.78, 5) is 40.3. The number of aromatic nitrogens is 1. The van der Waals surface area contributed by atoms with E-state index in [0.717, 1.165) is 34.0 Å². The first-order valence-electron chi connectivity index (χ1n) is 10.8. The Kier molecular flexibility index (Phi) is 4.77. The second-order valence-electron chi connectivity index (χ2n) is 8.72. The van der Waals surface area contributed by atoms with Gasteiger partial charge >= 0.3 is 6.03 Å². The van der Waals surface area contributed by atoms with Gasteiger partial charge in [-0.3, -0.25) is 14.5 Å². The van der Waals surface area contributed by atoms with Crippen molar-refractivity contribution >= 4 is 17.7 Å². The van der Waals surface area contributed by atoms with Gasteiger partial charge in [0, 0.05) is 23.4 Å². The summed E-state index contributed by atoms with van der Waals surface area (Å²) < 4.78 is 7.43. The van der Waals surface area contributed by atoms with Gasteiger partial charge in [-0.25, -0.2) is 4.79 Å². The Bertz CT molecular complexity index is 1220. The molecule has 1 atom stereocenters. The third kappa shape index (κ3) is 3.25. The standard InChI is InChI=1S/C25H25N3O4/c1-16-12-21(17(2)27(16)14-20-8-5-11-32-20)22(29)15-28-23(30)25(26-24(28)31)10-9-18-6-3-4-7-19(18)13-25/h3-8,11-12H,9-10,13-15H2,1-2H3,(H,26,31). The highest BCUT2D eigenvalue weighted by molar-refractivity contribution is 6.11. The number of ketones is 1. The van der Waals surface area contributed by atoms with Crippen LogP contribution in [0.2, 0.25) is 0 Å². The van der Waals surface area contributed by atoms with Gasteiger partial charge in [-0.05, 0) is 56.0 Å². The average Bonchev–Trinajstić information content (AvgIpc) is 3.45. The molecule has 3 heterocycles. The Labute approximate surface area is 186 Å². The number of nitrogens with one attached hydrogen (secondary N) is 1. The van der Waals surface area contributed by atoms with Gasteiger partial charge < -0.3 is 14.3 Å². The molecule has 0 saturated carbocycles. The van der Waals surface area contributed by atoms with Gasteiger partial charge in [-0.15, -0.1) is 0 Å². The van der Waals surface area contributed by atoms with E-state index in [1.165, 1.54) is 5.56 Å². The first-order chi connectivity index (χ1) is 15.4. The number of amides is 3. The van der Waals surface area contributed by atoms with Crippen molar-refractivity contribution in [3.63, 3.8) is 0 Å². The molecule has 1 unspecified atom stereocenters. The number of nitrogens with zero attached hydrogens (tertiary/aromatic N) is 2. The van der Waals surface area contributed by atoms with Crippen LogP contribution in [-0.2, 0) is 24.2 Å². The number of furan rings is 1. The smallest absolute Gasteiger partial charge is 0.325 e. The van der Waals surface area contributed by atoms with Gasteiger partial charge in [0.25, 0.3) is 5.91 Å². The molecule has 1 aliphatic heterocycles. The molecule has 3 aromatic rings. The van der Waals surface area contributed by atoms with Gasteiger partial charge in [0.15, 0.2) is 5.78 Å². The molecule has 32 heavy (non-hydrogen) atoms. The van der Waals surface area contributed by atoms with Gasteiger partial charge in [0.2, 0.25) is 0 Å². The molecule has 3 amide bonds. The number of imide groups is 1. The molecule has 0 bridgehead atoms. The molecule has 1 N–H and O–H groups in total. The summed E-state index contributed by atoms with van der Waals surface area (Å²) >= 11 is 0. The van der Waals surface area contributed by atoms with Gasteiger partial charge in [0.1, 0.15) is 11.3 Å². The van der Waals surface area contributed by atoms with E-state index in [9.17, 15) is 14.4 Å². The molecule has 1 spiro atoms. The number of urea groups is 1. The van der Waals surface area contributed by atoms with E-state index in [0.29, 0.717) is 24.9 Å². The van der Waals surface area contributed by atoms with Crippen molar-refractivity contribution in [2.24, 2.45) is 0 Å². The van der Waals surface area contributed by atoms with Crippen molar-refractivity contribution in [3.8, 4) is 0 Å². The lowest BCUT2D eigenvalue weighted by molar-refractivity contribution is -0.131. The summed E-state index contributed by atoms with van der Waals surface area (Å²) in [6, 6.07) is 13.0. The van der Waals surface area contributed by atoms with E-state index in [2.05, 4.69) is 11.4 Å². The van der Waals surface area contributed by atoms with Crippen LogP contribution in [-0.4, -0.2) is 39.3 Å². The van der Waals surface area contributed by atoms with Crippen LogP contribution in [0.25, 0.3) is 0 Å². The van der Waals surface area contributed by atoms with E-state index in [1.54, 1.807) is 6.26 Å². The van der Waals surface area contributed by atoms with E-state index in [1.807, 2.05) is 54.8 Å².